The van der Waals surface area contributed by atoms with Crippen molar-refractivity contribution in [1.29, 1.82) is 0 Å². The quantitative estimate of drug-likeness (QED) is 0.548. The van der Waals surface area contributed by atoms with Crippen molar-refractivity contribution >= 4 is 22.7 Å². The summed E-state index contributed by atoms with van der Waals surface area (Å²) in [5, 5.41) is 4.14. The molecular weight excluding hydrogens is 436 g/mol. The maximum Gasteiger partial charge on any atom is 0.252 e. The van der Waals surface area contributed by atoms with Crippen LogP contribution in [0, 0.1) is 12.8 Å². The molecule has 2 fully saturated rings. The molecule has 2 amide bonds. The number of carbonyl (C=O) groups excluding carboxylic acids is 2. The summed E-state index contributed by atoms with van der Waals surface area (Å²) in [7, 11) is 0. The second-order valence-electron chi connectivity index (χ2n) is 10.2. The van der Waals surface area contributed by atoms with Crippen LogP contribution in [-0.2, 0) is 4.79 Å². The Balaban J connectivity index is 1.27. The number of amides is 2. The number of carbonyl (C=O) groups is 2. The maximum atomic E-state index is 13.7. The molecule has 2 N–H and O–H groups in total. The number of aryl methyl sites for hydroxylation is 1. The predicted molar refractivity (Wildman–Crippen MR) is 139 cm³/mol. The van der Waals surface area contributed by atoms with Gasteiger partial charge in [-0.05, 0) is 74.9 Å². The van der Waals surface area contributed by atoms with Crippen LogP contribution in [0.15, 0.2) is 54.7 Å². The van der Waals surface area contributed by atoms with E-state index in [-0.39, 0.29) is 11.8 Å². The fourth-order valence-corrected chi connectivity index (χ4v) is 5.59. The molecule has 0 saturated carbocycles. The molecule has 6 heteroatoms. The summed E-state index contributed by atoms with van der Waals surface area (Å²) < 4.78 is 0. The van der Waals surface area contributed by atoms with E-state index in [1.165, 1.54) is 32.4 Å². The van der Waals surface area contributed by atoms with Gasteiger partial charge in [-0.1, -0.05) is 42.8 Å². The minimum absolute atomic E-state index is 0.0160. The monoisotopic (exact) mass is 472 g/mol. The molecule has 2 aliphatic rings. The Kier molecular flexibility index (Phi) is 7.19. The van der Waals surface area contributed by atoms with Crippen LogP contribution in [0.1, 0.15) is 59.6 Å². The number of rotatable bonds is 6. The molecule has 0 bridgehead atoms. The van der Waals surface area contributed by atoms with Crippen molar-refractivity contribution in [3.05, 3.63) is 71.4 Å². The third-order valence-electron chi connectivity index (χ3n) is 7.70. The molecule has 2 saturated heterocycles. The van der Waals surface area contributed by atoms with Gasteiger partial charge in [0, 0.05) is 42.3 Å². The molecule has 184 valence electrons. The van der Waals surface area contributed by atoms with Crippen LogP contribution < -0.4 is 5.32 Å². The molecule has 2 aromatic carbocycles. The third-order valence-corrected chi connectivity index (χ3v) is 7.70. The largest absolute Gasteiger partial charge is 0.361 e. The van der Waals surface area contributed by atoms with E-state index in [0.29, 0.717) is 11.5 Å². The number of aromatic nitrogens is 1. The molecule has 6 nitrogen and oxygen atoms in total. The van der Waals surface area contributed by atoms with Crippen LogP contribution in [-0.4, -0.2) is 59.3 Å². The number of nitrogens with one attached hydrogen (secondary N) is 2. The first kappa shape index (κ1) is 23.6. The van der Waals surface area contributed by atoms with E-state index >= 15 is 0 Å². The average molecular weight is 473 g/mol. The Morgan fingerprint density at radius 1 is 1.00 bits per heavy atom. The summed E-state index contributed by atoms with van der Waals surface area (Å²) in [6, 6.07) is 14.6. The minimum atomic E-state index is -0.691. The van der Waals surface area contributed by atoms with Crippen LogP contribution in [0.2, 0.25) is 0 Å². The Labute approximate surface area is 207 Å². The maximum absolute atomic E-state index is 13.7. The van der Waals surface area contributed by atoms with Gasteiger partial charge < -0.3 is 20.1 Å². The molecule has 0 unspecified atom stereocenters. The molecule has 1 atom stereocenters. The van der Waals surface area contributed by atoms with Gasteiger partial charge in [0.25, 0.3) is 5.91 Å². The molecule has 0 radical (unpaired) electrons. The van der Waals surface area contributed by atoms with Gasteiger partial charge in [0.2, 0.25) is 5.91 Å². The summed E-state index contributed by atoms with van der Waals surface area (Å²) in [5.41, 5.74) is 3.44. The highest BCUT2D eigenvalue weighted by atomic mass is 16.2. The summed E-state index contributed by atoms with van der Waals surface area (Å²) >= 11 is 0. The zero-order chi connectivity index (χ0) is 24.2. The molecule has 3 aromatic rings. The van der Waals surface area contributed by atoms with Gasteiger partial charge in [0.05, 0.1) is 0 Å². The van der Waals surface area contributed by atoms with E-state index in [0.717, 1.165) is 54.5 Å². The molecule has 3 heterocycles. The second kappa shape index (κ2) is 10.6. The van der Waals surface area contributed by atoms with Gasteiger partial charge in [-0.15, -0.1) is 0 Å². The van der Waals surface area contributed by atoms with Crippen LogP contribution in [0.4, 0.5) is 0 Å². The van der Waals surface area contributed by atoms with Crippen molar-refractivity contribution in [2.45, 2.75) is 45.1 Å². The summed E-state index contributed by atoms with van der Waals surface area (Å²) in [4.78, 5) is 34.7. The van der Waals surface area contributed by atoms with Crippen molar-refractivity contribution in [1.82, 2.24) is 20.1 Å². The van der Waals surface area contributed by atoms with Crippen molar-refractivity contribution in [2.24, 2.45) is 5.92 Å². The lowest BCUT2D eigenvalue weighted by atomic mass is 9.94. The smallest absolute Gasteiger partial charge is 0.252 e. The summed E-state index contributed by atoms with van der Waals surface area (Å²) in [5.74, 6) is 0.400. The molecule has 0 spiro atoms. The number of fused-ring (bicyclic) bond motifs is 1. The first-order valence-corrected chi connectivity index (χ1v) is 13.0. The van der Waals surface area contributed by atoms with E-state index in [1.54, 1.807) is 0 Å². The Morgan fingerprint density at radius 2 is 1.74 bits per heavy atom. The van der Waals surface area contributed by atoms with E-state index in [1.807, 2.05) is 66.6 Å². The molecule has 35 heavy (non-hydrogen) atoms. The van der Waals surface area contributed by atoms with E-state index < -0.39 is 6.04 Å². The van der Waals surface area contributed by atoms with Gasteiger partial charge in [-0.2, -0.15) is 0 Å². The number of H-pyrrole nitrogens is 1. The van der Waals surface area contributed by atoms with Crippen LogP contribution in [0.3, 0.4) is 0 Å². The zero-order valence-electron chi connectivity index (χ0n) is 20.6. The minimum Gasteiger partial charge on any atom is -0.361 e. The van der Waals surface area contributed by atoms with Crippen LogP contribution >= 0.6 is 0 Å². The van der Waals surface area contributed by atoms with Gasteiger partial charge >= 0.3 is 0 Å². The first-order chi connectivity index (χ1) is 17.1. The number of likely N-dealkylation sites (tertiary alicyclic amines) is 2. The number of aromatic amines is 1. The Bertz CT molecular complexity index is 1160. The Hall–Kier alpha value is -3.12. The average Bonchev–Trinajstić information content (AvgIpc) is 3.28. The highest BCUT2D eigenvalue weighted by Gasteiger charge is 2.31. The molecular formula is C29H36N4O2. The highest BCUT2D eigenvalue weighted by molar-refractivity contribution is 6.00. The molecule has 5 rings (SSSR count). The van der Waals surface area contributed by atoms with Gasteiger partial charge in [-0.25, -0.2) is 0 Å². The van der Waals surface area contributed by atoms with Crippen molar-refractivity contribution in [3.63, 3.8) is 0 Å². The van der Waals surface area contributed by atoms with Gasteiger partial charge in [0.1, 0.15) is 6.04 Å². The Morgan fingerprint density at radius 3 is 2.49 bits per heavy atom. The number of piperidine rings is 2. The second-order valence-corrected chi connectivity index (χ2v) is 10.2. The molecule has 1 aromatic heterocycles. The standard InChI is InChI=1S/C29H36N4O2/c1-21-19-30-26-18-24(10-11-25(21)26)28(34)31-27(23-8-4-2-5-9-23)29(35)33-16-12-22(13-17-33)20-32-14-6-3-7-15-32/h2,4-5,8-11,18-19,22,27,30H,3,6-7,12-17,20H2,1H3,(H,31,34)/t27-/m1/s1. The van der Waals surface area contributed by atoms with E-state index in [4.69, 9.17) is 0 Å². The number of hydrogen-bond acceptors (Lipinski definition) is 3. The zero-order valence-corrected chi connectivity index (χ0v) is 20.6. The van der Waals surface area contributed by atoms with E-state index in [2.05, 4.69) is 15.2 Å². The molecule has 0 aliphatic carbocycles. The number of benzene rings is 2. The lowest BCUT2D eigenvalue weighted by molar-refractivity contribution is -0.135. The van der Waals surface area contributed by atoms with Gasteiger partial charge in [0.15, 0.2) is 0 Å². The topological polar surface area (TPSA) is 68.4 Å². The number of hydrogen-bond donors (Lipinski definition) is 2. The first-order valence-electron chi connectivity index (χ1n) is 13.0. The normalized spacial score (nSPS) is 18.5. The lowest BCUT2D eigenvalue weighted by Crippen LogP contribution is -2.47. The van der Waals surface area contributed by atoms with Crippen molar-refractivity contribution in [2.75, 3.05) is 32.7 Å². The highest BCUT2D eigenvalue weighted by Crippen LogP contribution is 2.25. The summed E-state index contributed by atoms with van der Waals surface area (Å²) in [6.07, 6.45) is 7.98. The van der Waals surface area contributed by atoms with Crippen molar-refractivity contribution < 1.29 is 9.59 Å². The van der Waals surface area contributed by atoms with Crippen LogP contribution in [0.25, 0.3) is 10.9 Å². The fraction of sp³-hybridized carbons (Fsp3) is 0.448. The van der Waals surface area contributed by atoms with Crippen molar-refractivity contribution in [3.8, 4) is 0 Å². The fourth-order valence-electron chi connectivity index (χ4n) is 5.59. The lowest BCUT2D eigenvalue weighted by Gasteiger charge is -2.37. The summed E-state index contributed by atoms with van der Waals surface area (Å²) in [6.45, 7) is 7.14. The van der Waals surface area contributed by atoms with E-state index in [9.17, 15) is 9.59 Å². The molecule has 2 aliphatic heterocycles. The third kappa shape index (κ3) is 5.43. The van der Waals surface area contributed by atoms with Crippen LogP contribution in [0.5, 0.6) is 0 Å². The number of nitrogens with zero attached hydrogens (tertiary/aromatic N) is 2. The SMILES string of the molecule is Cc1c[nH]c2cc(C(=O)N[C@@H](C(=O)N3CCC(CN4CCCCC4)CC3)c3ccccc3)ccc12. The van der Waals surface area contributed by atoms with Gasteiger partial charge in [-0.3, -0.25) is 9.59 Å². The predicted octanol–water partition coefficient (Wildman–Crippen LogP) is 4.67.